The highest BCUT2D eigenvalue weighted by molar-refractivity contribution is 14.1. The van der Waals surface area contributed by atoms with Crippen LogP contribution in [0.25, 0.3) is 0 Å². The molecule has 3 nitrogen and oxygen atoms in total. The fraction of sp³-hybridized carbons (Fsp3) is 0.500. The van der Waals surface area contributed by atoms with Gasteiger partial charge in [0.1, 0.15) is 6.10 Å². The molecular formula is C12H16INO2. The predicted octanol–water partition coefficient (Wildman–Crippen LogP) is 2.13. The summed E-state index contributed by atoms with van der Waals surface area (Å²) in [5, 5.41) is 3.35. The van der Waals surface area contributed by atoms with Gasteiger partial charge in [-0.1, -0.05) is 30.3 Å². The van der Waals surface area contributed by atoms with Crippen molar-refractivity contribution in [1.29, 1.82) is 0 Å². The molecule has 0 amide bonds. The topological polar surface area (TPSA) is 30.5 Å². The summed E-state index contributed by atoms with van der Waals surface area (Å²) >= 11 is 2.35. The lowest BCUT2D eigenvalue weighted by Gasteiger charge is -2.38. The zero-order chi connectivity index (χ0) is 11.4. The molecule has 1 aliphatic heterocycles. The first-order valence-electron chi connectivity index (χ1n) is 5.37. The standard InChI is InChI=1S/C12H16INO2/c1-15-11(10-5-3-2-4-6-10)12(13)9-14-7-8-16-12/h2-6,11,14H,7-9H2,1H3. The summed E-state index contributed by atoms with van der Waals surface area (Å²) in [6.45, 7) is 2.45. The molecule has 1 heterocycles. The number of alkyl halides is 1. The van der Waals surface area contributed by atoms with Gasteiger partial charge in [0.15, 0.2) is 3.61 Å². The first-order chi connectivity index (χ1) is 7.76. The molecule has 2 rings (SSSR count). The van der Waals surface area contributed by atoms with Crippen LogP contribution >= 0.6 is 22.6 Å². The Hall–Kier alpha value is -0.170. The Morgan fingerprint density at radius 3 is 2.75 bits per heavy atom. The Kier molecular flexibility index (Phi) is 4.18. The molecular weight excluding hydrogens is 317 g/mol. The highest BCUT2D eigenvalue weighted by atomic mass is 127. The van der Waals surface area contributed by atoms with Gasteiger partial charge >= 0.3 is 0 Å². The molecule has 1 aliphatic rings. The number of hydrogen-bond acceptors (Lipinski definition) is 3. The molecule has 1 saturated heterocycles. The van der Waals surface area contributed by atoms with Crippen molar-refractivity contribution in [2.75, 3.05) is 26.8 Å². The summed E-state index contributed by atoms with van der Waals surface area (Å²) < 4.78 is 11.2. The first-order valence-corrected chi connectivity index (χ1v) is 6.45. The number of nitrogens with one attached hydrogen (secondary N) is 1. The third kappa shape index (κ3) is 2.56. The fourth-order valence-electron chi connectivity index (χ4n) is 1.96. The van der Waals surface area contributed by atoms with E-state index in [9.17, 15) is 0 Å². The second kappa shape index (κ2) is 5.44. The normalized spacial score (nSPS) is 27.6. The first kappa shape index (κ1) is 12.3. The molecule has 2 unspecified atom stereocenters. The maximum atomic E-state index is 5.87. The minimum absolute atomic E-state index is 0.0397. The van der Waals surface area contributed by atoms with Crippen molar-refractivity contribution in [1.82, 2.24) is 5.32 Å². The van der Waals surface area contributed by atoms with Crippen LogP contribution in [0.4, 0.5) is 0 Å². The minimum Gasteiger partial charge on any atom is -0.373 e. The average molecular weight is 333 g/mol. The van der Waals surface area contributed by atoms with Gasteiger partial charge in [-0.25, -0.2) is 0 Å². The Balaban J connectivity index is 2.21. The van der Waals surface area contributed by atoms with Crippen LogP contribution in [0.3, 0.4) is 0 Å². The summed E-state index contributed by atoms with van der Waals surface area (Å²) in [4.78, 5) is 0. The molecule has 0 bridgehead atoms. The van der Waals surface area contributed by atoms with Gasteiger partial charge in [0.25, 0.3) is 0 Å². The maximum absolute atomic E-state index is 5.87. The summed E-state index contributed by atoms with van der Waals surface area (Å²) in [5.74, 6) is 0. The van der Waals surface area contributed by atoms with Crippen LogP contribution < -0.4 is 5.32 Å². The Morgan fingerprint density at radius 2 is 2.19 bits per heavy atom. The lowest BCUT2D eigenvalue weighted by Crippen LogP contribution is -2.49. The van der Waals surface area contributed by atoms with E-state index in [-0.39, 0.29) is 9.71 Å². The van der Waals surface area contributed by atoms with Crippen LogP contribution in [-0.2, 0) is 9.47 Å². The van der Waals surface area contributed by atoms with Crippen molar-refractivity contribution < 1.29 is 9.47 Å². The molecule has 88 valence electrons. The number of benzene rings is 1. The monoisotopic (exact) mass is 333 g/mol. The SMILES string of the molecule is COC(c1ccccc1)C1(I)CNCCO1. The largest absolute Gasteiger partial charge is 0.373 e. The van der Waals surface area contributed by atoms with Crippen molar-refractivity contribution in [2.24, 2.45) is 0 Å². The minimum atomic E-state index is -0.313. The maximum Gasteiger partial charge on any atom is 0.161 e. The summed E-state index contributed by atoms with van der Waals surface area (Å²) in [6.07, 6.45) is -0.0397. The van der Waals surface area contributed by atoms with E-state index in [4.69, 9.17) is 9.47 Å². The number of halogens is 1. The van der Waals surface area contributed by atoms with Crippen molar-refractivity contribution in [2.45, 2.75) is 9.71 Å². The van der Waals surface area contributed by atoms with E-state index in [1.54, 1.807) is 7.11 Å². The van der Waals surface area contributed by atoms with Gasteiger partial charge in [-0.2, -0.15) is 0 Å². The molecule has 1 N–H and O–H groups in total. The van der Waals surface area contributed by atoms with Gasteiger partial charge in [-0.3, -0.25) is 0 Å². The zero-order valence-electron chi connectivity index (χ0n) is 9.28. The van der Waals surface area contributed by atoms with Gasteiger partial charge in [0, 0.05) is 20.2 Å². The molecule has 4 heteroatoms. The lowest BCUT2D eigenvalue weighted by molar-refractivity contribution is -0.0824. The second-order valence-electron chi connectivity index (χ2n) is 3.84. The predicted molar refractivity (Wildman–Crippen MR) is 71.8 cm³/mol. The Labute approximate surface area is 110 Å². The van der Waals surface area contributed by atoms with Crippen molar-refractivity contribution >= 4 is 22.6 Å². The molecule has 1 aromatic rings. The van der Waals surface area contributed by atoms with Gasteiger partial charge in [0.05, 0.1) is 6.61 Å². The van der Waals surface area contributed by atoms with E-state index in [0.29, 0.717) is 0 Å². The van der Waals surface area contributed by atoms with Crippen molar-refractivity contribution in [3.63, 3.8) is 0 Å². The molecule has 0 aromatic heterocycles. The molecule has 0 aliphatic carbocycles. The molecule has 0 radical (unpaired) electrons. The highest BCUT2D eigenvalue weighted by Gasteiger charge is 2.40. The summed E-state index contributed by atoms with van der Waals surface area (Å²) in [7, 11) is 1.73. The quantitative estimate of drug-likeness (QED) is 0.679. The summed E-state index contributed by atoms with van der Waals surface area (Å²) in [6, 6.07) is 10.2. The van der Waals surface area contributed by atoms with Gasteiger partial charge in [-0.05, 0) is 28.2 Å². The van der Waals surface area contributed by atoms with E-state index in [1.807, 2.05) is 18.2 Å². The molecule has 1 aromatic carbocycles. The molecule has 16 heavy (non-hydrogen) atoms. The van der Waals surface area contributed by atoms with Crippen LogP contribution in [-0.4, -0.2) is 30.4 Å². The van der Waals surface area contributed by atoms with Crippen LogP contribution in [0.2, 0.25) is 0 Å². The fourth-order valence-corrected chi connectivity index (χ4v) is 3.06. The number of methoxy groups -OCH3 is 1. The van der Waals surface area contributed by atoms with Crippen molar-refractivity contribution in [3.05, 3.63) is 35.9 Å². The number of rotatable bonds is 3. The Morgan fingerprint density at radius 1 is 1.44 bits per heavy atom. The number of morpholine rings is 1. The van der Waals surface area contributed by atoms with Gasteiger partial charge < -0.3 is 14.8 Å². The van der Waals surface area contributed by atoms with Gasteiger partial charge in [-0.15, -0.1) is 0 Å². The number of hydrogen-bond donors (Lipinski definition) is 1. The molecule has 0 spiro atoms. The van der Waals surface area contributed by atoms with Crippen LogP contribution in [0.15, 0.2) is 30.3 Å². The van der Waals surface area contributed by atoms with Crippen LogP contribution in [0.5, 0.6) is 0 Å². The smallest absolute Gasteiger partial charge is 0.161 e. The number of ether oxygens (including phenoxy) is 2. The second-order valence-corrected chi connectivity index (χ2v) is 5.66. The van der Waals surface area contributed by atoms with Gasteiger partial charge in [0.2, 0.25) is 0 Å². The van der Waals surface area contributed by atoms with Crippen LogP contribution in [0, 0.1) is 0 Å². The Bertz CT molecular complexity index is 325. The van der Waals surface area contributed by atoms with Crippen molar-refractivity contribution in [3.8, 4) is 0 Å². The zero-order valence-corrected chi connectivity index (χ0v) is 11.4. The van der Waals surface area contributed by atoms with E-state index >= 15 is 0 Å². The average Bonchev–Trinajstić information content (AvgIpc) is 2.32. The van der Waals surface area contributed by atoms with E-state index in [1.165, 1.54) is 0 Å². The summed E-state index contributed by atoms with van der Waals surface area (Å²) in [5.41, 5.74) is 1.16. The van der Waals surface area contributed by atoms with E-state index in [0.717, 1.165) is 25.3 Å². The van der Waals surface area contributed by atoms with E-state index < -0.39 is 0 Å². The molecule has 2 atom stereocenters. The molecule has 1 fully saturated rings. The van der Waals surface area contributed by atoms with E-state index in [2.05, 4.69) is 40.0 Å². The van der Waals surface area contributed by atoms with Crippen LogP contribution in [0.1, 0.15) is 11.7 Å². The molecule has 0 saturated carbocycles. The third-order valence-corrected chi connectivity index (χ3v) is 3.97. The third-order valence-electron chi connectivity index (χ3n) is 2.72. The highest BCUT2D eigenvalue weighted by Crippen LogP contribution is 2.38. The lowest BCUT2D eigenvalue weighted by atomic mass is 10.0.